The molecule has 0 radical (unpaired) electrons. The van der Waals surface area contributed by atoms with Gasteiger partial charge in [0.2, 0.25) is 5.43 Å². The predicted octanol–water partition coefficient (Wildman–Crippen LogP) is 4.31. The number of aromatic nitrogens is 1. The van der Waals surface area contributed by atoms with Gasteiger partial charge < -0.3 is 23.7 Å². The molecule has 1 saturated heterocycles. The van der Waals surface area contributed by atoms with Crippen molar-refractivity contribution in [3.05, 3.63) is 62.5 Å². The number of fused-ring (bicyclic) bond motifs is 1. The Kier molecular flexibility index (Phi) is 7.26. The molecule has 2 aliphatic heterocycles. The molecule has 2 atom stereocenters. The molecule has 0 N–H and O–H groups in total. The highest BCUT2D eigenvalue weighted by Crippen LogP contribution is 2.34. The Hall–Kier alpha value is -2.16. The first kappa shape index (κ1) is 24.0. The fraction of sp³-hybridized carbons (Fsp3) is 0.520. The Bertz CT molecular complexity index is 1050. The highest BCUT2D eigenvalue weighted by molar-refractivity contribution is 9.10. The first-order valence-electron chi connectivity index (χ1n) is 11.5. The molecule has 1 fully saturated rings. The Morgan fingerprint density at radius 2 is 1.97 bits per heavy atom. The summed E-state index contributed by atoms with van der Waals surface area (Å²) in [5.41, 5.74) is 0.236. The van der Waals surface area contributed by atoms with Crippen molar-refractivity contribution in [2.75, 3.05) is 19.8 Å². The van der Waals surface area contributed by atoms with Crippen LogP contribution in [0.3, 0.4) is 0 Å². The number of ether oxygens (including phenoxy) is 3. The average molecular weight is 519 g/mol. The van der Waals surface area contributed by atoms with Crippen LogP contribution >= 0.6 is 15.9 Å². The van der Waals surface area contributed by atoms with Crippen LogP contribution in [0.5, 0.6) is 5.75 Å². The number of nitrogens with zero attached hydrogens (tertiary/aromatic N) is 2. The van der Waals surface area contributed by atoms with Crippen molar-refractivity contribution in [2.24, 2.45) is 0 Å². The summed E-state index contributed by atoms with van der Waals surface area (Å²) < 4.78 is 20.1. The lowest BCUT2D eigenvalue weighted by Gasteiger charge is -2.45. The molecular weight excluding hydrogens is 488 g/mol. The van der Waals surface area contributed by atoms with Crippen molar-refractivity contribution in [1.82, 2.24) is 9.47 Å². The van der Waals surface area contributed by atoms with Gasteiger partial charge in [0, 0.05) is 25.4 Å². The maximum atomic E-state index is 13.6. The zero-order valence-electron chi connectivity index (χ0n) is 19.4. The van der Waals surface area contributed by atoms with Crippen LogP contribution in [0.4, 0.5) is 0 Å². The standard InChI is InChI=1S/C25H31BrN2O5/c1-17(2)27-15-25(3,16-33-20-11-7-8-12-31-20)28-13-19(26)22(29)23(21(28)24(27)30)32-14-18-9-5-4-6-10-18/h4-6,9-10,13,17,20H,7-8,11-12,14-16H2,1-3H3. The summed E-state index contributed by atoms with van der Waals surface area (Å²) in [6.45, 7) is 7.67. The van der Waals surface area contributed by atoms with E-state index >= 15 is 0 Å². The van der Waals surface area contributed by atoms with E-state index in [1.54, 1.807) is 11.1 Å². The maximum Gasteiger partial charge on any atom is 0.274 e. The summed E-state index contributed by atoms with van der Waals surface area (Å²) in [6, 6.07) is 9.55. The molecule has 8 heteroatoms. The molecule has 178 valence electrons. The average Bonchev–Trinajstić information content (AvgIpc) is 2.82. The minimum atomic E-state index is -0.602. The third-order valence-electron chi connectivity index (χ3n) is 6.24. The van der Waals surface area contributed by atoms with Crippen LogP contribution < -0.4 is 10.2 Å². The minimum Gasteiger partial charge on any atom is -0.483 e. The summed E-state index contributed by atoms with van der Waals surface area (Å²) in [4.78, 5) is 28.4. The van der Waals surface area contributed by atoms with Crippen LogP contribution in [-0.2, 0) is 21.6 Å². The molecule has 0 aliphatic carbocycles. The SMILES string of the molecule is CC(C)N1CC(C)(COC2CCCCO2)n2cc(Br)c(=O)c(OCc3ccccc3)c2C1=O. The van der Waals surface area contributed by atoms with Crippen LogP contribution in [0.25, 0.3) is 0 Å². The maximum absolute atomic E-state index is 13.6. The number of hydrogen-bond acceptors (Lipinski definition) is 5. The van der Waals surface area contributed by atoms with Crippen molar-refractivity contribution in [3.63, 3.8) is 0 Å². The molecule has 0 spiro atoms. The van der Waals surface area contributed by atoms with Crippen LogP contribution in [0.1, 0.15) is 56.1 Å². The molecule has 0 bridgehead atoms. The fourth-order valence-corrected chi connectivity index (χ4v) is 4.73. The summed E-state index contributed by atoms with van der Waals surface area (Å²) in [7, 11) is 0. The summed E-state index contributed by atoms with van der Waals surface area (Å²) in [5.74, 6) is -0.159. The molecule has 7 nitrogen and oxygen atoms in total. The molecule has 2 aliphatic rings. The van der Waals surface area contributed by atoms with Gasteiger partial charge in [0.25, 0.3) is 5.91 Å². The normalized spacial score (nSPS) is 23.0. The van der Waals surface area contributed by atoms with Gasteiger partial charge in [-0.3, -0.25) is 9.59 Å². The van der Waals surface area contributed by atoms with E-state index in [1.165, 1.54) is 0 Å². The summed E-state index contributed by atoms with van der Waals surface area (Å²) in [5, 5.41) is 0. The monoisotopic (exact) mass is 518 g/mol. The highest BCUT2D eigenvalue weighted by Gasteiger charge is 2.43. The zero-order valence-corrected chi connectivity index (χ0v) is 21.0. The smallest absolute Gasteiger partial charge is 0.274 e. The van der Waals surface area contributed by atoms with Gasteiger partial charge in [-0.05, 0) is 61.5 Å². The lowest BCUT2D eigenvalue weighted by atomic mass is 9.96. The quantitative estimate of drug-likeness (QED) is 0.546. The number of carbonyl (C=O) groups excluding carboxylic acids is 1. The van der Waals surface area contributed by atoms with Crippen molar-refractivity contribution in [2.45, 2.75) is 64.5 Å². The number of amides is 1. The Balaban J connectivity index is 1.73. The number of carbonyl (C=O) groups is 1. The molecule has 2 aromatic rings. The molecule has 1 amide bonds. The van der Waals surface area contributed by atoms with Gasteiger partial charge in [-0.2, -0.15) is 0 Å². The van der Waals surface area contributed by atoms with Crippen LogP contribution in [-0.4, -0.2) is 47.5 Å². The lowest BCUT2D eigenvalue weighted by Crippen LogP contribution is -2.57. The van der Waals surface area contributed by atoms with Crippen molar-refractivity contribution >= 4 is 21.8 Å². The van der Waals surface area contributed by atoms with Gasteiger partial charge in [0.15, 0.2) is 17.7 Å². The predicted molar refractivity (Wildman–Crippen MR) is 129 cm³/mol. The topological polar surface area (TPSA) is 70.0 Å². The minimum absolute atomic E-state index is 0.0442. The van der Waals surface area contributed by atoms with E-state index in [9.17, 15) is 9.59 Å². The molecule has 4 rings (SSSR count). The van der Waals surface area contributed by atoms with Gasteiger partial charge >= 0.3 is 0 Å². The van der Waals surface area contributed by atoms with Crippen LogP contribution in [0.15, 0.2) is 45.8 Å². The Labute approximate surface area is 202 Å². The first-order chi connectivity index (χ1) is 15.8. The van der Waals surface area contributed by atoms with Gasteiger partial charge in [0.05, 0.1) is 16.6 Å². The zero-order chi connectivity index (χ0) is 23.6. The number of rotatable bonds is 7. The number of pyridine rings is 1. The van der Waals surface area contributed by atoms with Gasteiger partial charge in [-0.25, -0.2) is 0 Å². The second-order valence-electron chi connectivity index (χ2n) is 9.26. The highest BCUT2D eigenvalue weighted by atomic mass is 79.9. The van der Waals surface area contributed by atoms with Gasteiger partial charge in [-0.15, -0.1) is 0 Å². The third-order valence-corrected chi connectivity index (χ3v) is 6.81. The molecule has 3 heterocycles. The summed E-state index contributed by atoms with van der Waals surface area (Å²) >= 11 is 3.39. The lowest BCUT2D eigenvalue weighted by molar-refractivity contribution is -0.177. The molecule has 1 aromatic heterocycles. The molecule has 1 aromatic carbocycles. The van der Waals surface area contributed by atoms with Crippen LogP contribution in [0.2, 0.25) is 0 Å². The van der Waals surface area contributed by atoms with E-state index in [0.29, 0.717) is 24.2 Å². The molecular formula is C25H31BrN2O5. The third kappa shape index (κ3) is 5.03. The van der Waals surface area contributed by atoms with E-state index < -0.39 is 5.54 Å². The second kappa shape index (κ2) is 9.99. The van der Waals surface area contributed by atoms with Gasteiger partial charge in [-0.1, -0.05) is 30.3 Å². The summed E-state index contributed by atoms with van der Waals surface area (Å²) in [6.07, 6.45) is 4.42. The van der Waals surface area contributed by atoms with Gasteiger partial charge in [0.1, 0.15) is 6.61 Å². The largest absolute Gasteiger partial charge is 0.483 e. The van der Waals surface area contributed by atoms with Crippen molar-refractivity contribution in [1.29, 1.82) is 0 Å². The first-order valence-corrected chi connectivity index (χ1v) is 12.3. The van der Waals surface area contributed by atoms with Crippen LogP contribution in [0, 0.1) is 0 Å². The fourth-order valence-electron chi connectivity index (χ4n) is 4.35. The Morgan fingerprint density at radius 1 is 1.21 bits per heavy atom. The molecule has 0 saturated carbocycles. The van der Waals surface area contributed by atoms with E-state index in [-0.39, 0.29) is 41.7 Å². The molecule has 33 heavy (non-hydrogen) atoms. The van der Waals surface area contributed by atoms with E-state index in [4.69, 9.17) is 14.2 Å². The number of halogens is 1. The number of hydrogen-bond donors (Lipinski definition) is 0. The van der Waals surface area contributed by atoms with E-state index in [2.05, 4.69) is 15.9 Å². The van der Waals surface area contributed by atoms with E-state index in [1.807, 2.05) is 55.7 Å². The van der Waals surface area contributed by atoms with E-state index in [0.717, 1.165) is 24.8 Å². The number of benzene rings is 1. The van der Waals surface area contributed by atoms with Crippen molar-refractivity contribution in [3.8, 4) is 5.75 Å². The molecule has 2 unspecified atom stereocenters. The van der Waals surface area contributed by atoms with Crippen molar-refractivity contribution < 1.29 is 19.0 Å². The Morgan fingerprint density at radius 3 is 2.64 bits per heavy atom. The second-order valence-corrected chi connectivity index (χ2v) is 10.1.